The molecule has 0 amide bonds. The van der Waals surface area contributed by atoms with Gasteiger partial charge in [0, 0.05) is 11.1 Å². The summed E-state index contributed by atoms with van der Waals surface area (Å²) < 4.78 is 85.1. The van der Waals surface area contributed by atoms with Crippen molar-refractivity contribution in [2.24, 2.45) is 0 Å². The fourth-order valence-corrected chi connectivity index (χ4v) is 3.78. The van der Waals surface area contributed by atoms with Crippen LogP contribution in [0.4, 0.5) is 26.3 Å². The number of nitrogens with zero attached hydrogens (tertiary/aromatic N) is 4. The first-order valence-electron chi connectivity index (χ1n) is 9.95. The summed E-state index contributed by atoms with van der Waals surface area (Å²) in [7, 11) is 0. The summed E-state index contributed by atoms with van der Waals surface area (Å²) in [5.74, 6) is 0.0447. The summed E-state index contributed by atoms with van der Waals surface area (Å²) in [5.41, 5.74) is -2.27. The Morgan fingerprint density at radius 3 is 2.19 bits per heavy atom. The largest absolute Gasteiger partial charge is 0.416 e. The fourth-order valence-electron chi connectivity index (χ4n) is 3.37. The highest BCUT2D eigenvalue weighted by Gasteiger charge is 2.37. The summed E-state index contributed by atoms with van der Waals surface area (Å²) in [5, 5.41) is 21.3. The van der Waals surface area contributed by atoms with E-state index in [9.17, 15) is 31.4 Å². The average Bonchev–Trinajstić information content (AvgIpc) is 3.36. The Morgan fingerprint density at radius 1 is 0.972 bits per heavy atom. The van der Waals surface area contributed by atoms with E-state index in [1.165, 1.54) is 6.42 Å². The molecular formula is C22H13Cl2F6N4O2. The van der Waals surface area contributed by atoms with Gasteiger partial charge in [0.15, 0.2) is 10.9 Å². The first-order chi connectivity index (χ1) is 16.9. The van der Waals surface area contributed by atoms with Crippen molar-refractivity contribution in [3.8, 4) is 11.3 Å². The highest BCUT2D eigenvalue weighted by atomic mass is 35.5. The van der Waals surface area contributed by atoms with Crippen LogP contribution in [0, 0.1) is 6.42 Å². The van der Waals surface area contributed by atoms with Crippen molar-refractivity contribution in [1.82, 2.24) is 20.2 Å². The van der Waals surface area contributed by atoms with E-state index in [1.807, 2.05) is 0 Å². The lowest BCUT2D eigenvalue weighted by molar-refractivity contribution is -0.143. The lowest BCUT2D eigenvalue weighted by atomic mass is 10.0. The molecule has 14 heteroatoms. The molecule has 4 rings (SSSR count). The molecule has 1 N–H and O–H groups in total. The minimum Gasteiger partial charge on any atom is -0.388 e. The maximum Gasteiger partial charge on any atom is 0.416 e. The Labute approximate surface area is 209 Å². The number of aromatic nitrogens is 4. The van der Waals surface area contributed by atoms with E-state index in [-0.39, 0.29) is 39.5 Å². The van der Waals surface area contributed by atoms with Crippen LogP contribution in [0.1, 0.15) is 33.7 Å². The summed E-state index contributed by atoms with van der Waals surface area (Å²) in [6.45, 7) is -1.07. The number of hydrogen-bond acceptors (Lipinski definition) is 5. The van der Waals surface area contributed by atoms with Crippen LogP contribution in [0.2, 0.25) is 10.2 Å². The van der Waals surface area contributed by atoms with E-state index < -0.39 is 36.6 Å². The van der Waals surface area contributed by atoms with Gasteiger partial charge in [-0.3, -0.25) is 0 Å². The van der Waals surface area contributed by atoms with E-state index in [4.69, 9.17) is 27.7 Å². The van der Waals surface area contributed by atoms with Crippen molar-refractivity contribution >= 4 is 23.2 Å². The van der Waals surface area contributed by atoms with Crippen LogP contribution in [0.15, 0.2) is 47.0 Å². The number of alkyl halides is 6. The number of hydrogen-bond donors (Lipinski definition) is 1. The first-order valence-corrected chi connectivity index (χ1v) is 10.7. The molecule has 0 aliphatic carbocycles. The molecule has 0 saturated carbocycles. The van der Waals surface area contributed by atoms with Gasteiger partial charge in [-0.25, -0.2) is 4.68 Å². The standard InChI is InChI=1S/C22H13Cl2F6N4O2/c23-16-4-2-1-3-14(16)19-15(18(10-35)36-32-19)8-17-20(24)34(33-31-17)9-11-5-12(21(25,26)27)7-13(6-11)22(28,29)30/h1-8,35H,9-10H2. The Balaban J connectivity index is 1.68. The van der Waals surface area contributed by atoms with Crippen LogP contribution in [0.25, 0.3) is 11.3 Å². The summed E-state index contributed by atoms with van der Waals surface area (Å²) in [6, 6.07) is 7.86. The van der Waals surface area contributed by atoms with Gasteiger partial charge < -0.3 is 9.63 Å². The lowest BCUT2D eigenvalue weighted by Crippen LogP contribution is -2.13. The average molecular weight is 550 g/mol. The Morgan fingerprint density at radius 2 is 1.61 bits per heavy atom. The molecule has 189 valence electrons. The second kappa shape index (κ2) is 9.75. The van der Waals surface area contributed by atoms with E-state index >= 15 is 0 Å². The summed E-state index contributed by atoms with van der Waals surface area (Å²) in [4.78, 5) is 0. The third-order valence-electron chi connectivity index (χ3n) is 5.03. The van der Waals surface area contributed by atoms with Gasteiger partial charge in [0.25, 0.3) is 0 Å². The Kier molecular flexibility index (Phi) is 7.04. The van der Waals surface area contributed by atoms with E-state index in [1.54, 1.807) is 24.3 Å². The molecule has 0 bridgehead atoms. The molecule has 1 radical (unpaired) electrons. The lowest BCUT2D eigenvalue weighted by Gasteiger charge is -2.14. The molecule has 6 nitrogen and oxygen atoms in total. The zero-order valence-corrected chi connectivity index (χ0v) is 19.2. The van der Waals surface area contributed by atoms with E-state index in [0.717, 1.165) is 4.68 Å². The molecule has 2 aromatic heterocycles. The van der Waals surface area contributed by atoms with Crippen molar-refractivity contribution < 1.29 is 36.0 Å². The van der Waals surface area contributed by atoms with Gasteiger partial charge >= 0.3 is 12.4 Å². The molecule has 0 aliphatic heterocycles. The van der Waals surface area contributed by atoms with Crippen LogP contribution in [0.3, 0.4) is 0 Å². The van der Waals surface area contributed by atoms with Crippen LogP contribution in [-0.4, -0.2) is 25.3 Å². The van der Waals surface area contributed by atoms with Gasteiger partial charge in [0.05, 0.1) is 29.1 Å². The molecule has 2 heterocycles. The molecule has 36 heavy (non-hydrogen) atoms. The molecule has 0 aliphatic rings. The van der Waals surface area contributed by atoms with Crippen molar-refractivity contribution in [2.75, 3.05) is 0 Å². The monoisotopic (exact) mass is 549 g/mol. The number of benzene rings is 2. The van der Waals surface area contributed by atoms with Gasteiger partial charge in [-0.15, -0.1) is 5.10 Å². The Bertz CT molecular complexity index is 1370. The van der Waals surface area contributed by atoms with Gasteiger partial charge in [-0.1, -0.05) is 51.8 Å². The third-order valence-corrected chi connectivity index (χ3v) is 5.75. The molecule has 4 aromatic rings. The molecule has 2 aromatic carbocycles. The minimum atomic E-state index is -4.99. The molecular weight excluding hydrogens is 537 g/mol. The second-order valence-electron chi connectivity index (χ2n) is 7.49. The molecule has 0 unspecified atom stereocenters. The fraction of sp³-hybridized carbons (Fsp3) is 0.182. The topological polar surface area (TPSA) is 77.0 Å². The zero-order valence-electron chi connectivity index (χ0n) is 17.7. The smallest absolute Gasteiger partial charge is 0.388 e. The van der Waals surface area contributed by atoms with Crippen LogP contribution in [0.5, 0.6) is 0 Å². The second-order valence-corrected chi connectivity index (χ2v) is 8.25. The summed E-state index contributed by atoms with van der Waals surface area (Å²) in [6.07, 6.45) is -8.63. The zero-order chi connectivity index (χ0) is 26.3. The Hall–Kier alpha value is -3.09. The summed E-state index contributed by atoms with van der Waals surface area (Å²) >= 11 is 12.5. The highest BCUT2D eigenvalue weighted by molar-refractivity contribution is 6.33. The third kappa shape index (κ3) is 5.35. The van der Waals surface area contributed by atoms with Crippen molar-refractivity contribution in [1.29, 1.82) is 0 Å². The number of aliphatic hydroxyl groups is 1. The van der Waals surface area contributed by atoms with E-state index in [0.29, 0.717) is 22.7 Å². The van der Waals surface area contributed by atoms with Crippen LogP contribution >= 0.6 is 23.2 Å². The first kappa shape index (κ1) is 26.0. The molecule has 0 saturated heterocycles. The van der Waals surface area contributed by atoms with Crippen LogP contribution in [-0.2, 0) is 25.5 Å². The predicted octanol–water partition coefficient (Wildman–Crippen LogP) is 6.42. The number of aliphatic hydroxyl groups excluding tert-OH is 1. The quantitative estimate of drug-likeness (QED) is 0.281. The SMILES string of the molecule is OCc1onc(-c2ccccc2Cl)c1[CH]c1nnn(Cc2cc(C(F)(F)F)cc(C(F)(F)F)c2)c1Cl. The number of halogens is 8. The maximum absolute atomic E-state index is 13.2. The molecule has 0 spiro atoms. The normalized spacial score (nSPS) is 12.4. The maximum atomic E-state index is 13.2. The van der Waals surface area contributed by atoms with Crippen molar-refractivity contribution in [2.45, 2.75) is 25.5 Å². The van der Waals surface area contributed by atoms with Crippen LogP contribution < -0.4 is 0 Å². The molecule has 0 atom stereocenters. The van der Waals surface area contributed by atoms with E-state index in [2.05, 4.69) is 15.5 Å². The van der Waals surface area contributed by atoms with Crippen molar-refractivity contribution in [3.05, 3.63) is 92.8 Å². The predicted molar refractivity (Wildman–Crippen MR) is 116 cm³/mol. The number of rotatable bonds is 6. The van der Waals surface area contributed by atoms with Crippen molar-refractivity contribution in [3.63, 3.8) is 0 Å². The van der Waals surface area contributed by atoms with Gasteiger partial charge in [0.1, 0.15) is 18.0 Å². The highest BCUT2D eigenvalue weighted by Crippen LogP contribution is 2.37. The molecule has 0 fully saturated rings. The van der Waals surface area contributed by atoms with Gasteiger partial charge in [0.2, 0.25) is 0 Å². The van der Waals surface area contributed by atoms with Gasteiger partial charge in [-0.05, 0) is 29.8 Å². The minimum absolute atomic E-state index is 0.00545. The van der Waals surface area contributed by atoms with Gasteiger partial charge in [-0.2, -0.15) is 26.3 Å².